The van der Waals surface area contributed by atoms with Gasteiger partial charge in [-0.3, -0.25) is 0 Å². The van der Waals surface area contributed by atoms with Crippen LogP contribution in [-0.2, 0) is 6.42 Å². The Hall–Kier alpha value is -2.26. The first-order valence-electron chi connectivity index (χ1n) is 9.11. The molecule has 3 heteroatoms. The number of benzene rings is 2. The smallest absolute Gasteiger partial charge is 0.0854 e. The van der Waals surface area contributed by atoms with Crippen LogP contribution < -0.4 is 0 Å². The van der Waals surface area contributed by atoms with Gasteiger partial charge in [-0.2, -0.15) is 0 Å². The first kappa shape index (κ1) is 17.6. The van der Waals surface area contributed by atoms with Crippen molar-refractivity contribution in [1.82, 2.24) is 4.90 Å². The highest BCUT2D eigenvalue weighted by atomic mass is 16.3. The van der Waals surface area contributed by atoms with E-state index in [4.69, 9.17) is 0 Å². The van der Waals surface area contributed by atoms with Crippen LogP contribution in [0.25, 0.3) is 0 Å². The zero-order chi connectivity index (χ0) is 17.5. The Bertz CT molecular complexity index is 676. The molecule has 0 amide bonds. The van der Waals surface area contributed by atoms with Crippen LogP contribution in [0, 0.1) is 10.8 Å². The molecule has 1 fully saturated rings. The van der Waals surface area contributed by atoms with Gasteiger partial charge in [0, 0.05) is 12.5 Å². The third kappa shape index (κ3) is 4.64. The van der Waals surface area contributed by atoms with Crippen molar-refractivity contribution >= 4 is 0 Å². The van der Waals surface area contributed by atoms with Crippen LogP contribution >= 0.6 is 0 Å². The van der Waals surface area contributed by atoms with Gasteiger partial charge in [0.1, 0.15) is 0 Å². The molecule has 130 valence electrons. The minimum atomic E-state index is 0.0509. The van der Waals surface area contributed by atoms with E-state index >= 15 is 0 Å². The molecule has 1 unspecified atom stereocenters. The van der Waals surface area contributed by atoms with Gasteiger partial charge >= 0.3 is 0 Å². The van der Waals surface area contributed by atoms with Crippen LogP contribution in [0.5, 0.6) is 0 Å². The summed E-state index contributed by atoms with van der Waals surface area (Å²) in [5, 5.41) is 3.18. The molecule has 3 nitrogen and oxygen atoms in total. The van der Waals surface area contributed by atoms with Crippen molar-refractivity contribution < 1.29 is 0 Å². The Kier molecular flexibility index (Phi) is 6.13. The molecule has 0 saturated carbocycles. The third-order valence-electron chi connectivity index (χ3n) is 5.30. The van der Waals surface area contributed by atoms with Gasteiger partial charge in [0.05, 0.1) is 5.70 Å². The highest BCUT2D eigenvalue weighted by Crippen LogP contribution is 2.37. The van der Waals surface area contributed by atoms with Crippen LogP contribution in [0.3, 0.4) is 0 Å². The number of piperidine rings is 1. The molecule has 2 aromatic carbocycles. The van der Waals surface area contributed by atoms with Crippen LogP contribution in [0.4, 0.5) is 0 Å². The molecule has 1 aliphatic rings. The molecular formula is C22H26N2O. The molecule has 0 aromatic heterocycles. The van der Waals surface area contributed by atoms with E-state index < -0.39 is 0 Å². The quantitative estimate of drug-likeness (QED) is 0.667. The molecule has 1 aliphatic heterocycles. The van der Waals surface area contributed by atoms with E-state index in [1.807, 2.05) is 18.2 Å². The van der Waals surface area contributed by atoms with E-state index in [0.29, 0.717) is 11.6 Å². The second-order valence-electron chi connectivity index (χ2n) is 6.89. The summed E-state index contributed by atoms with van der Waals surface area (Å²) in [5.74, 6) is 0.496. The largest absolute Gasteiger partial charge is 0.303 e. The lowest BCUT2D eigenvalue weighted by Crippen LogP contribution is -2.37. The molecule has 3 rings (SSSR count). The molecule has 0 bridgehead atoms. The topological polar surface area (TPSA) is 32.7 Å². The number of nitroso groups, excluding NO2 is 1. The van der Waals surface area contributed by atoms with Gasteiger partial charge in [-0.1, -0.05) is 67.2 Å². The maximum absolute atomic E-state index is 11.1. The fourth-order valence-electron chi connectivity index (χ4n) is 3.90. The predicted molar refractivity (Wildman–Crippen MR) is 103 cm³/mol. The zero-order valence-corrected chi connectivity index (χ0v) is 14.7. The lowest BCUT2D eigenvalue weighted by atomic mass is 9.78. The van der Waals surface area contributed by atoms with Gasteiger partial charge in [-0.15, -0.1) is 4.91 Å². The van der Waals surface area contributed by atoms with Crippen molar-refractivity contribution in [2.24, 2.45) is 11.1 Å². The van der Waals surface area contributed by atoms with Gasteiger partial charge < -0.3 is 4.90 Å². The van der Waals surface area contributed by atoms with Crippen molar-refractivity contribution in [2.45, 2.75) is 25.2 Å². The molecule has 0 aliphatic carbocycles. The molecule has 1 atom stereocenters. The predicted octanol–water partition coefficient (Wildman–Crippen LogP) is 5.01. The molecule has 1 heterocycles. The average molecular weight is 334 g/mol. The van der Waals surface area contributed by atoms with E-state index in [1.54, 1.807) is 0 Å². The van der Waals surface area contributed by atoms with Crippen molar-refractivity contribution in [3.63, 3.8) is 0 Å². The summed E-state index contributed by atoms with van der Waals surface area (Å²) in [6.07, 6.45) is 3.27. The first-order valence-corrected chi connectivity index (χ1v) is 9.11. The zero-order valence-electron chi connectivity index (χ0n) is 14.7. The lowest BCUT2D eigenvalue weighted by molar-refractivity contribution is 0.176. The third-order valence-corrected chi connectivity index (χ3v) is 5.30. The van der Waals surface area contributed by atoms with Crippen molar-refractivity contribution in [3.8, 4) is 0 Å². The lowest BCUT2D eigenvalue weighted by Gasteiger charge is -2.36. The van der Waals surface area contributed by atoms with Crippen molar-refractivity contribution in [1.29, 1.82) is 0 Å². The van der Waals surface area contributed by atoms with Crippen LogP contribution in [-0.4, -0.2) is 24.5 Å². The molecule has 0 N–H and O–H groups in total. The fraction of sp³-hybridized carbons (Fsp3) is 0.364. The number of likely N-dealkylation sites (tertiary alicyclic amines) is 1. The summed E-state index contributed by atoms with van der Waals surface area (Å²) in [7, 11) is 0. The summed E-state index contributed by atoms with van der Waals surface area (Å²) in [4.78, 5) is 13.7. The summed E-state index contributed by atoms with van der Waals surface area (Å²) in [6, 6.07) is 20.9. The molecular weight excluding hydrogens is 308 g/mol. The summed E-state index contributed by atoms with van der Waals surface area (Å²) >= 11 is 0. The Labute approximate surface area is 150 Å². The molecule has 25 heavy (non-hydrogen) atoms. The number of rotatable bonds is 7. The van der Waals surface area contributed by atoms with E-state index in [0.717, 1.165) is 44.5 Å². The van der Waals surface area contributed by atoms with Crippen molar-refractivity contribution in [3.05, 3.63) is 89.0 Å². The SMILES string of the molecule is C=C(N=O)C(c1ccccc1)C1CCN(CCc2ccccc2)CC1. The standard InChI is InChI=1S/C22H26N2O/c1-18(23-25)22(20-10-6-3-7-11-20)21-13-16-24(17-14-21)15-12-19-8-4-2-5-9-19/h2-11,21-22H,1,12-17H2. The van der Waals surface area contributed by atoms with Gasteiger partial charge in [0.15, 0.2) is 0 Å². The molecule has 1 saturated heterocycles. The molecule has 0 radical (unpaired) electrons. The number of hydrogen-bond donors (Lipinski definition) is 0. The van der Waals surface area contributed by atoms with Crippen LogP contribution in [0.15, 0.2) is 78.1 Å². The fourth-order valence-corrected chi connectivity index (χ4v) is 3.90. The van der Waals surface area contributed by atoms with Gasteiger partial charge in [0.2, 0.25) is 0 Å². The highest BCUT2D eigenvalue weighted by molar-refractivity contribution is 5.28. The second kappa shape index (κ2) is 8.72. The number of hydrogen-bond acceptors (Lipinski definition) is 3. The summed E-state index contributed by atoms with van der Waals surface area (Å²) in [5.41, 5.74) is 3.02. The van der Waals surface area contributed by atoms with Gasteiger partial charge in [-0.25, -0.2) is 0 Å². The van der Waals surface area contributed by atoms with Gasteiger partial charge in [-0.05, 0) is 54.6 Å². The number of nitrogens with zero attached hydrogens (tertiary/aromatic N) is 2. The van der Waals surface area contributed by atoms with E-state index in [1.165, 1.54) is 5.56 Å². The summed E-state index contributed by atoms with van der Waals surface area (Å²) in [6.45, 7) is 7.18. The second-order valence-corrected chi connectivity index (χ2v) is 6.89. The van der Waals surface area contributed by atoms with E-state index in [-0.39, 0.29) is 5.92 Å². The first-order chi connectivity index (χ1) is 12.3. The molecule has 0 spiro atoms. The van der Waals surface area contributed by atoms with E-state index in [9.17, 15) is 4.91 Å². The van der Waals surface area contributed by atoms with Crippen LogP contribution in [0.2, 0.25) is 0 Å². The highest BCUT2D eigenvalue weighted by Gasteiger charge is 2.30. The number of allylic oxidation sites excluding steroid dienone is 1. The van der Waals surface area contributed by atoms with E-state index in [2.05, 4.69) is 59.1 Å². The minimum Gasteiger partial charge on any atom is -0.303 e. The Balaban J connectivity index is 1.58. The van der Waals surface area contributed by atoms with Crippen molar-refractivity contribution in [2.75, 3.05) is 19.6 Å². The normalized spacial score (nSPS) is 17.1. The maximum atomic E-state index is 11.1. The minimum absolute atomic E-state index is 0.0509. The average Bonchev–Trinajstić information content (AvgIpc) is 2.69. The Morgan fingerprint density at radius 2 is 1.64 bits per heavy atom. The molecule has 2 aromatic rings. The van der Waals surface area contributed by atoms with Gasteiger partial charge in [0.25, 0.3) is 0 Å². The Morgan fingerprint density at radius 3 is 2.24 bits per heavy atom. The Morgan fingerprint density at radius 1 is 1.04 bits per heavy atom. The van der Waals surface area contributed by atoms with Crippen LogP contribution in [0.1, 0.15) is 29.9 Å². The monoisotopic (exact) mass is 334 g/mol. The maximum Gasteiger partial charge on any atom is 0.0854 e. The summed E-state index contributed by atoms with van der Waals surface area (Å²) < 4.78 is 0.